The summed E-state index contributed by atoms with van der Waals surface area (Å²) in [5.41, 5.74) is -0.652. The fourth-order valence-electron chi connectivity index (χ4n) is 2.16. The van der Waals surface area contributed by atoms with Crippen molar-refractivity contribution in [1.29, 1.82) is 0 Å². The molecule has 0 heterocycles. The predicted octanol–water partition coefficient (Wildman–Crippen LogP) is 1.81. The normalized spacial score (nSPS) is 23.1. The van der Waals surface area contributed by atoms with Gasteiger partial charge in [0.15, 0.2) is 5.78 Å². The van der Waals surface area contributed by atoms with Gasteiger partial charge in [0.25, 0.3) is 0 Å². The van der Waals surface area contributed by atoms with Crippen LogP contribution in [0.3, 0.4) is 0 Å². The zero-order chi connectivity index (χ0) is 15.3. The first-order chi connectivity index (χ1) is 9.24. The third-order valence-electron chi connectivity index (χ3n) is 2.95. The van der Waals surface area contributed by atoms with E-state index in [1.807, 2.05) is 0 Å². The summed E-state index contributed by atoms with van der Waals surface area (Å²) in [7, 11) is 0. The van der Waals surface area contributed by atoms with Gasteiger partial charge in [-0.15, -0.1) is 0 Å². The van der Waals surface area contributed by atoms with E-state index >= 15 is 0 Å². The summed E-state index contributed by atoms with van der Waals surface area (Å²) >= 11 is 0. The molecule has 1 saturated carbocycles. The Morgan fingerprint density at radius 3 is 2.55 bits per heavy atom. The standard InChI is InChI=1S/C14H23NO5/c1-5-19-12(17)9-7-6-8-10(16)11(9)15-13(18)20-14(2,3)4/h9,11H,5-8H2,1-4H3,(H,15,18)/t9-,11-/m1/s1. The lowest BCUT2D eigenvalue weighted by Gasteiger charge is -2.30. The van der Waals surface area contributed by atoms with E-state index in [4.69, 9.17) is 9.47 Å². The Bertz CT molecular complexity index is 386. The van der Waals surface area contributed by atoms with Gasteiger partial charge in [-0.1, -0.05) is 0 Å². The van der Waals surface area contributed by atoms with Crippen LogP contribution in [-0.4, -0.2) is 36.1 Å². The zero-order valence-electron chi connectivity index (χ0n) is 12.5. The quantitative estimate of drug-likeness (QED) is 0.800. The monoisotopic (exact) mass is 285 g/mol. The molecule has 0 unspecified atom stereocenters. The molecule has 0 aromatic rings. The second kappa shape index (κ2) is 6.72. The number of hydrogen-bond donors (Lipinski definition) is 1. The van der Waals surface area contributed by atoms with Crippen LogP contribution < -0.4 is 5.32 Å². The minimum absolute atomic E-state index is 0.153. The van der Waals surface area contributed by atoms with E-state index in [1.165, 1.54) is 0 Å². The summed E-state index contributed by atoms with van der Waals surface area (Å²) in [5.74, 6) is -1.22. The van der Waals surface area contributed by atoms with Crippen molar-refractivity contribution in [1.82, 2.24) is 5.32 Å². The molecule has 1 N–H and O–H groups in total. The molecule has 1 rings (SSSR count). The molecule has 1 aliphatic carbocycles. The van der Waals surface area contributed by atoms with Crippen LogP contribution in [0.2, 0.25) is 0 Å². The molecule has 0 radical (unpaired) electrons. The maximum atomic E-state index is 11.9. The summed E-state index contributed by atoms with van der Waals surface area (Å²) in [6.07, 6.45) is 0.836. The molecule has 6 heteroatoms. The van der Waals surface area contributed by atoms with Gasteiger partial charge in [-0.25, -0.2) is 4.79 Å². The molecule has 114 valence electrons. The van der Waals surface area contributed by atoms with Crippen LogP contribution in [0, 0.1) is 5.92 Å². The SMILES string of the molecule is CCOC(=O)[C@@H]1CCCC(=O)[C@@H]1NC(=O)OC(C)(C)C. The highest BCUT2D eigenvalue weighted by molar-refractivity contribution is 5.93. The largest absolute Gasteiger partial charge is 0.466 e. The van der Waals surface area contributed by atoms with Crippen LogP contribution in [0.25, 0.3) is 0 Å². The highest BCUT2D eigenvalue weighted by Gasteiger charge is 2.39. The van der Waals surface area contributed by atoms with E-state index in [0.717, 1.165) is 0 Å². The van der Waals surface area contributed by atoms with Crippen LogP contribution in [0.15, 0.2) is 0 Å². The molecular weight excluding hydrogens is 262 g/mol. The highest BCUT2D eigenvalue weighted by Crippen LogP contribution is 2.23. The average Bonchev–Trinajstić information content (AvgIpc) is 2.29. The molecule has 20 heavy (non-hydrogen) atoms. The first-order valence-corrected chi connectivity index (χ1v) is 6.93. The second-order valence-electron chi connectivity index (χ2n) is 5.84. The van der Waals surface area contributed by atoms with Crippen molar-refractivity contribution < 1.29 is 23.9 Å². The van der Waals surface area contributed by atoms with Gasteiger partial charge in [-0.2, -0.15) is 0 Å². The first-order valence-electron chi connectivity index (χ1n) is 6.93. The van der Waals surface area contributed by atoms with Crippen LogP contribution in [0.4, 0.5) is 4.79 Å². The van der Waals surface area contributed by atoms with Gasteiger partial charge in [0, 0.05) is 6.42 Å². The number of ketones is 1. The van der Waals surface area contributed by atoms with Gasteiger partial charge < -0.3 is 14.8 Å². The van der Waals surface area contributed by atoms with Gasteiger partial charge in [-0.3, -0.25) is 9.59 Å². The van der Waals surface area contributed by atoms with Crippen molar-refractivity contribution in [2.75, 3.05) is 6.61 Å². The third kappa shape index (κ3) is 4.83. The first kappa shape index (κ1) is 16.5. The lowest BCUT2D eigenvalue weighted by atomic mass is 9.83. The Morgan fingerprint density at radius 1 is 1.35 bits per heavy atom. The van der Waals surface area contributed by atoms with Crippen molar-refractivity contribution in [3.63, 3.8) is 0 Å². The molecule has 1 amide bonds. The summed E-state index contributed by atoms with van der Waals surface area (Å²) in [6.45, 7) is 7.16. The topological polar surface area (TPSA) is 81.7 Å². The van der Waals surface area contributed by atoms with E-state index in [1.54, 1.807) is 27.7 Å². The van der Waals surface area contributed by atoms with E-state index < -0.39 is 29.6 Å². The minimum Gasteiger partial charge on any atom is -0.466 e. The maximum absolute atomic E-state index is 11.9. The van der Waals surface area contributed by atoms with E-state index in [0.29, 0.717) is 19.3 Å². The molecule has 0 bridgehead atoms. The van der Waals surface area contributed by atoms with Crippen molar-refractivity contribution in [3.8, 4) is 0 Å². The summed E-state index contributed by atoms with van der Waals surface area (Å²) < 4.78 is 10.1. The fourth-order valence-corrected chi connectivity index (χ4v) is 2.16. The Hall–Kier alpha value is -1.59. The average molecular weight is 285 g/mol. The van der Waals surface area contributed by atoms with E-state index in [9.17, 15) is 14.4 Å². The Morgan fingerprint density at radius 2 is 2.00 bits per heavy atom. The van der Waals surface area contributed by atoms with Gasteiger partial charge in [-0.05, 0) is 40.5 Å². The number of ether oxygens (including phenoxy) is 2. The maximum Gasteiger partial charge on any atom is 0.408 e. The molecule has 0 aliphatic heterocycles. The summed E-state index contributed by atoms with van der Waals surface area (Å²) in [5, 5.41) is 2.50. The van der Waals surface area contributed by atoms with Crippen molar-refractivity contribution >= 4 is 17.8 Å². The number of nitrogens with one attached hydrogen (secondary N) is 1. The number of carbonyl (C=O) groups is 3. The fraction of sp³-hybridized carbons (Fsp3) is 0.786. The highest BCUT2D eigenvalue weighted by atomic mass is 16.6. The number of Topliss-reactive ketones (excluding diaryl/α,β-unsaturated/α-hetero) is 1. The molecule has 1 fully saturated rings. The molecule has 2 atom stereocenters. The van der Waals surface area contributed by atoms with Crippen molar-refractivity contribution in [3.05, 3.63) is 0 Å². The van der Waals surface area contributed by atoms with Crippen molar-refractivity contribution in [2.45, 2.75) is 58.6 Å². The zero-order valence-corrected chi connectivity index (χ0v) is 12.5. The van der Waals surface area contributed by atoms with Crippen LogP contribution in [0.1, 0.15) is 47.0 Å². The number of rotatable bonds is 3. The van der Waals surface area contributed by atoms with Crippen molar-refractivity contribution in [2.24, 2.45) is 5.92 Å². The molecule has 0 saturated heterocycles. The Labute approximate surface area is 119 Å². The third-order valence-corrected chi connectivity index (χ3v) is 2.95. The molecule has 6 nitrogen and oxygen atoms in total. The lowest BCUT2D eigenvalue weighted by molar-refractivity contribution is -0.152. The minimum atomic E-state index is -0.849. The van der Waals surface area contributed by atoms with Crippen LogP contribution in [0.5, 0.6) is 0 Å². The molecule has 0 aromatic carbocycles. The van der Waals surface area contributed by atoms with Gasteiger partial charge in [0.05, 0.1) is 12.5 Å². The molecule has 0 aromatic heterocycles. The van der Waals surface area contributed by atoms with Crippen LogP contribution in [-0.2, 0) is 19.1 Å². The second-order valence-corrected chi connectivity index (χ2v) is 5.84. The van der Waals surface area contributed by atoms with Gasteiger partial charge >= 0.3 is 12.1 Å². The van der Waals surface area contributed by atoms with Crippen LogP contribution >= 0.6 is 0 Å². The smallest absolute Gasteiger partial charge is 0.408 e. The summed E-state index contributed by atoms with van der Waals surface area (Å²) in [6, 6.07) is -0.849. The number of esters is 1. The predicted molar refractivity (Wildman–Crippen MR) is 72.1 cm³/mol. The number of alkyl carbamates (subject to hydrolysis) is 1. The van der Waals surface area contributed by atoms with Gasteiger partial charge in [0.2, 0.25) is 0 Å². The Balaban J connectivity index is 2.73. The number of carbonyl (C=O) groups excluding carboxylic acids is 3. The lowest BCUT2D eigenvalue weighted by Crippen LogP contribution is -2.52. The molecule has 1 aliphatic rings. The van der Waals surface area contributed by atoms with Gasteiger partial charge in [0.1, 0.15) is 11.6 Å². The Kier molecular flexibility index (Phi) is 5.53. The molecular formula is C14H23NO5. The summed E-state index contributed by atoms with van der Waals surface area (Å²) in [4.78, 5) is 35.6. The van der Waals surface area contributed by atoms with E-state index in [2.05, 4.69) is 5.32 Å². The number of hydrogen-bond acceptors (Lipinski definition) is 5. The van der Waals surface area contributed by atoms with E-state index in [-0.39, 0.29) is 12.4 Å². The molecule has 0 spiro atoms. The number of amides is 1.